The third kappa shape index (κ3) is 17.2. The number of aromatic nitrogens is 4. The summed E-state index contributed by atoms with van der Waals surface area (Å²) in [6.45, 7) is 15.0. The molecule has 2 aromatic heterocycles. The van der Waals surface area contributed by atoms with E-state index in [4.69, 9.17) is 26.8 Å². The summed E-state index contributed by atoms with van der Waals surface area (Å²) < 4.78 is 35.8. The number of carbonyl (C=O) groups is 2. The second-order valence-corrected chi connectivity index (χ2v) is 18.2. The molecule has 2 aliphatic heterocycles. The van der Waals surface area contributed by atoms with Gasteiger partial charge in [-0.05, 0) is 173 Å². The van der Waals surface area contributed by atoms with Crippen molar-refractivity contribution in [3.05, 3.63) is 150 Å². The molecule has 0 radical (unpaired) electrons. The average Bonchev–Trinajstić information content (AvgIpc) is 3.42. The van der Waals surface area contributed by atoms with Crippen molar-refractivity contribution < 1.29 is 27.8 Å². The summed E-state index contributed by atoms with van der Waals surface area (Å²) in [6.07, 6.45) is 9.99. The van der Waals surface area contributed by atoms with Crippen molar-refractivity contribution in [2.75, 3.05) is 99.2 Å². The number of rotatable bonds is 18. The lowest BCUT2D eigenvalue weighted by Gasteiger charge is -2.31. The lowest BCUT2D eigenvalue weighted by molar-refractivity contribution is -0.112. The minimum Gasteiger partial charge on any atom is -0.495 e. The van der Waals surface area contributed by atoms with Crippen molar-refractivity contribution in [2.24, 2.45) is 0 Å². The number of nitrogens with two attached hydrogens (primary N) is 1. The largest absolute Gasteiger partial charge is 0.495 e. The molecule has 19 heteroatoms. The number of nitrogens with one attached hydrogen (secondary N) is 5. The van der Waals surface area contributed by atoms with Gasteiger partial charge in [0.05, 0.1) is 25.6 Å². The number of ether oxygens (including phenoxy) is 2. The molecule has 0 bridgehead atoms. The maximum Gasteiger partial charge on any atom is 0.247 e. The number of hydrogen-bond donors (Lipinski definition) is 6. The van der Waals surface area contributed by atoms with Gasteiger partial charge in [-0.25, -0.2) is 23.7 Å². The van der Waals surface area contributed by atoms with E-state index >= 15 is 0 Å². The molecule has 396 valence electrons. The molecule has 2 amide bonds. The Morgan fingerprint density at radius 1 is 0.667 bits per heavy atom. The first kappa shape index (κ1) is 56.6. The van der Waals surface area contributed by atoms with Crippen molar-refractivity contribution in [1.82, 2.24) is 29.7 Å². The van der Waals surface area contributed by atoms with E-state index in [1.165, 1.54) is 23.3 Å². The van der Waals surface area contributed by atoms with Crippen LogP contribution in [0.5, 0.6) is 11.5 Å². The first-order chi connectivity index (χ1) is 36.3. The Kier molecular flexibility index (Phi) is 21.7. The minimum atomic E-state index is -0.294. The maximum absolute atomic E-state index is 12.6. The highest BCUT2D eigenvalue weighted by molar-refractivity contribution is 6.28. The number of nitrogen functional groups attached to an aromatic ring is 1. The fourth-order valence-electron chi connectivity index (χ4n) is 8.57. The highest BCUT2D eigenvalue weighted by Gasteiger charge is 2.23. The van der Waals surface area contributed by atoms with Crippen LogP contribution in [0.1, 0.15) is 59.8 Å². The van der Waals surface area contributed by atoms with Crippen LogP contribution < -0.4 is 41.8 Å². The smallest absolute Gasteiger partial charge is 0.247 e. The van der Waals surface area contributed by atoms with E-state index in [0.717, 1.165) is 85.8 Å². The van der Waals surface area contributed by atoms with E-state index in [0.29, 0.717) is 65.3 Å². The predicted molar refractivity (Wildman–Crippen MR) is 298 cm³/mol. The molecule has 0 aliphatic carbocycles. The molecule has 2 fully saturated rings. The van der Waals surface area contributed by atoms with Crippen LogP contribution in [0.4, 0.5) is 60.5 Å². The molecule has 7 N–H and O–H groups in total. The SMILES string of the molecule is C=CC(=O)Nc1cccc(Nc2nc(Cl)ncc2C)c1.C=CC(=O)Nc1cccc(Nc2nc(Nc3ccc(C4CCN(CCF)CC4)cc3OC)ncc2C)c1.COc1cc(C2CCN(CCF)CC2)ccc1N. The molecule has 2 saturated heterocycles. The number of hydrogen-bond acceptors (Lipinski definition) is 14. The van der Waals surface area contributed by atoms with Crippen LogP contribution in [0, 0.1) is 13.8 Å². The summed E-state index contributed by atoms with van der Waals surface area (Å²) in [5.41, 5.74) is 14.4. The van der Waals surface area contributed by atoms with Gasteiger partial charge in [-0.2, -0.15) is 4.98 Å². The zero-order chi connectivity index (χ0) is 53.7. The number of halogens is 3. The summed E-state index contributed by atoms with van der Waals surface area (Å²) in [6, 6.07) is 26.8. The van der Waals surface area contributed by atoms with E-state index in [9.17, 15) is 18.4 Å². The molecule has 0 unspecified atom stereocenters. The molecule has 16 nitrogen and oxygen atoms in total. The molecule has 2 aliphatic rings. The zero-order valence-electron chi connectivity index (χ0n) is 43.0. The second kappa shape index (κ2) is 28.7. The molecule has 0 atom stereocenters. The summed E-state index contributed by atoms with van der Waals surface area (Å²) in [5, 5.41) is 15.3. The van der Waals surface area contributed by atoms with E-state index in [1.54, 1.807) is 44.8 Å². The third-order valence-electron chi connectivity index (χ3n) is 12.7. The monoisotopic (exact) mass is 1040 g/mol. The molecule has 8 rings (SSSR count). The Labute approximate surface area is 443 Å². The topological polar surface area (TPSA) is 197 Å². The fraction of sp³-hybridized carbons (Fsp3) is 0.321. The Bertz CT molecular complexity index is 2860. The summed E-state index contributed by atoms with van der Waals surface area (Å²) in [7, 11) is 3.29. The van der Waals surface area contributed by atoms with Gasteiger partial charge in [-0.1, -0.05) is 37.4 Å². The number of likely N-dealkylation sites (tertiary alicyclic amines) is 2. The standard InChI is InChI=1S/C28H33FN6O2.C14H13ClN4O.C14H21FN2O/c1-4-26(36)31-22-6-5-7-23(17-22)32-27-19(2)18-30-28(34-27)33-24-9-8-21(16-25(24)37-3)20-10-13-35(14-11-20)15-12-29;1-3-12(20)17-10-5-4-6-11(7-10)18-13-9(2)8-16-14(15)19-13;1-18-14-10-12(2-3-13(14)16)11-4-7-17(8-5-11)9-6-15/h4-9,16-18,20H,1,10-15H2,2-3H3,(H,31,36)(H2,30,32,33,34);3-8H,1H2,2H3,(H,17,20)(H,16,18,19);2-3,10-11H,4-9,16H2,1H3. The van der Waals surface area contributed by atoms with Gasteiger partial charge in [0.15, 0.2) is 0 Å². The van der Waals surface area contributed by atoms with Crippen molar-refractivity contribution in [3.63, 3.8) is 0 Å². The van der Waals surface area contributed by atoms with Gasteiger partial charge >= 0.3 is 0 Å². The summed E-state index contributed by atoms with van der Waals surface area (Å²) >= 11 is 5.77. The van der Waals surface area contributed by atoms with Gasteiger partial charge in [-0.15, -0.1) is 0 Å². The lowest BCUT2D eigenvalue weighted by atomic mass is 9.89. The van der Waals surface area contributed by atoms with Crippen LogP contribution in [0.25, 0.3) is 0 Å². The number of methoxy groups -OCH3 is 2. The maximum atomic E-state index is 12.6. The molecule has 0 spiro atoms. The van der Waals surface area contributed by atoms with Gasteiger partial charge < -0.3 is 51.6 Å². The van der Waals surface area contributed by atoms with Gasteiger partial charge in [-0.3, -0.25) is 9.59 Å². The molecular weight excluding hydrogens is 978 g/mol. The minimum absolute atomic E-state index is 0.175. The van der Waals surface area contributed by atoms with Gasteiger partial charge in [0, 0.05) is 59.4 Å². The number of nitrogens with zero attached hydrogens (tertiary/aromatic N) is 6. The number of carbonyl (C=O) groups excluding carboxylic acids is 2. The highest BCUT2D eigenvalue weighted by atomic mass is 35.5. The van der Waals surface area contributed by atoms with E-state index in [2.05, 4.69) is 87.7 Å². The van der Waals surface area contributed by atoms with Crippen LogP contribution >= 0.6 is 11.6 Å². The van der Waals surface area contributed by atoms with Crippen LogP contribution in [0.3, 0.4) is 0 Å². The van der Waals surface area contributed by atoms with Crippen LogP contribution in [0.2, 0.25) is 5.28 Å². The molecule has 0 saturated carbocycles. The Hall–Kier alpha value is -7.67. The summed E-state index contributed by atoms with van der Waals surface area (Å²) in [5.74, 6) is 3.58. The predicted octanol–water partition coefficient (Wildman–Crippen LogP) is 11.3. The Balaban J connectivity index is 0.000000202. The molecule has 75 heavy (non-hydrogen) atoms. The molecule has 6 aromatic rings. The summed E-state index contributed by atoms with van der Waals surface area (Å²) in [4.78, 5) is 44.3. The number of aryl methyl sites for hydroxylation is 2. The van der Waals surface area contributed by atoms with Crippen molar-refractivity contribution >= 4 is 75.1 Å². The van der Waals surface area contributed by atoms with Crippen LogP contribution in [-0.2, 0) is 9.59 Å². The van der Waals surface area contributed by atoms with Crippen LogP contribution in [0.15, 0.2) is 123 Å². The number of alkyl halides is 2. The number of piperidine rings is 2. The second-order valence-electron chi connectivity index (χ2n) is 17.9. The number of anilines is 9. The molecular formula is C56H67ClF2N12O4. The quantitative estimate of drug-likeness (QED) is 0.0270. The van der Waals surface area contributed by atoms with Gasteiger partial charge in [0.1, 0.15) is 36.5 Å². The lowest BCUT2D eigenvalue weighted by Crippen LogP contribution is -2.34. The van der Waals surface area contributed by atoms with Crippen LogP contribution in [-0.4, -0.2) is 108 Å². The zero-order valence-corrected chi connectivity index (χ0v) is 43.7. The highest BCUT2D eigenvalue weighted by Crippen LogP contribution is 2.36. The molecule has 4 heterocycles. The Morgan fingerprint density at radius 2 is 1.13 bits per heavy atom. The van der Waals surface area contributed by atoms with E-state index in [1.807, 2.05) is 62.4 Å². The molecule has 4 aromatic carbocycles. The number of benzene rings is 4. The first-order valence-corrected chi connectivity index (χ1v) is 25.1. The Morgan fingerprint density at radius 3 is 1.63 bits per heavy atom. The third-order valence-corrected chi connectivity index (χ3v) is 12.9. The van der Waals surface area contributed by atoms with Gasteiger partial charge in [0.25, 0.3) is 0 Å². The van der Waals surface area contributed by atoms with Crippen molar-refractivity contribution in [1.29, 1.82) is 0 Å². The van der Waals surface area contributed by atoms with Gasteiger partial charge in [0.2, 0.25) is 23.0 Å². The first-order valence-electron chi connectivity index (χ1n) is 24.7. The fourth-order valence-corrected chi connectivity index (χ4v) is 8.70. The van der Waals surface area contributed by atoms with Crippen molar-refractivity contribution in [3.8, 4) is 11.5 Å². The normalized spacial score (nSPS) is 13.9. The van der Waals surface area contributed by atoms with E-state index < -0.39 is 0 Å². The van der Waals surface area contributed by atoms with Crippen molar-refractivity contribution in [2.45, 2.75) is 51.4 Å². The van der Waals surface area contributed by atoms with E-state index in [-0.39, 0.29) is 30.4 Å². The number of amides is 2. The average molecular weight is 1050 g/mol.